The average molecular weight is 302 g/mol. The van der Waals surface area contributed by atoms with E-state index in [-0.39, 0.29) is 23.7 Å². The number of ether oxygens (including phenoxy) is 2. The monoisotopic (exact) mass is 302 g/mol. The average Bonchev–Trinajstić information content (AvgIpc) is 3.10. The fourth-order valence-corrected chi connectivity index (χ4v) is 2.39. The van der Waals surface area contributed by atoms with Crippen LogP contribution in [0.25, 0.3) is 0 Å². The summed E-state index contributed by atoms with van der Waals surface area (Å²) in [6, 6.07) is 11.4. The summed E-state index contributed by atoms with van der Waals surface area (Å²) >= 11 is 0. The summed E-state index contributed by atoms with van der Waals surface area (Å²) in [5.74, 6) is -0.256. The Balaban J connectivity index is 1.57. The number of rotatable bonds is 5. The van der Waals surface area contributed by atoms with Gasteiger partial charge in [0.1, 0.15) is 12.4 Å². The molecule has 116 valence electrons. The number of benzene rings is 1. The summed E-state index contributed by atoms with van der Waals surface area (Å²) in [4.78, 5) is 12.1. The highest BCUT2D eigenvalue weighted by molar-refractivity contribution is 5.92. The van der Waals surface area contributed by atoms with Gasteiger partial charge in [-0.3, -0.25) is 4.79 Å². The minimum absolute atomic E-state index is 0.0957. The first-order valence-corrected chi connectivity index (χ1v) is 7.27. The van der Waals surface area contributed by atoms with Gasteiger partial charge in [0.25, 0.3) is 5.91 Å². The Bertz CT molecular complexity index is 585. The number of nitrogens with one attached hydrogen (secondary N) is 1. The van der Waals surface area contributed by atoms with Crippen molar-refractivity contribution in [3.63, 3.8) is 0 Å². The van der Waals surface area contributed by atoms with Crippen LogP contribution in [0.5, 0.6) is 0 Å². The van der Waals surface area contributed by atoms with E-state index < -0.39 is 0 Å². The topological polar surface area (TPSA) is 73.6 Å². The zero-order valence-electron chi connectivity index (χ0n) is 12.1. The zero-order chi connectivity index (χ0) is 15.2. The molecule has 1 fully saturated rings. The summed E-state index contributed by atoms with van der Waals surface area (Å²) in [7, 11) is 0. The van der Waals surface area contributed by atoms with E-state index in [0.717, 1.165) is 5.56 Å². The highest BCUT2D eigenvalue weighted by Crippen LogP contribution is 2.14. The van der Waals surface area contributed by atoms with Crippen LogP contribution >= 0.6 is 0 Å². The first-order valence-electron chi connectivity index (χ1n) is 7.27. The molecule has 22 heavy (non-hydrogen) atoms. The molecular weight excluding hydrogens is 284 g/mol. The van der Waals surface area contributed by atoms with E-state index in [1.807, 2.05) is 30.3 Å². The molecule has 3 rings (SSSR count). The first-order chi connectivity index (χ1) is 10.8. The van der Waals surface area contributed by atoms with Crippen molar-refractivity contribution in [1.29, 1.82) is 0 Å². The van der Waals surface area contributed by atoms with E-state index in [2.05, 4.69) is 10.5 Å². The summed E-state index contributed by atoms with van der Waals surface area (Å²) in [6.45, 7) is 1.57. The molecular formula is C16H18N2O4. The Labute approximate surface area is 128 Å². The van der Waals surface area contributed by atoms with Crippen molar-refractivity contribution in [3.8, 4) is 0 Å². The van der Waals surface area contributed by atoms with E-state index in [9.17, 15) is 4.79 Å². The number of hydrogen-bond acceptors (Lipinski definition) is 5. The number of hydrogen-bond donors (Lipinski definition) is 1. The van der Waals surface area contributed by atoms with Gasteiger partial charge >= 0.3 is 0 Å². The van der Waals surface area contributed by atoms with Crippen LogP contribution < -0.4 is 5.32 Å². The lowest BCUT2D eigenvalue weighted by atomic mass is 10.1. The van der Waals surface area contributed by atoms with Gasteiger partial charge in [-0.1, -0.05) is 35.5 Å². The van der Waals surface area contributed by atoms with Crippen molar-refractivity contribution >= 4 is 5.91 Å². The molecule has 2 aromatic rings. The van der Waals surface area contributed by atoms with Gasteiger partial charge in [0, 0.05) is 12.7 Å². The number of amides is 1. The van der Waals surface area contributed by atoms with Crippen LogP contribution in [0.1, 0.15) is 22.5 Å². The number of carbonyl (C=O) groups excluding carboxylic acids is 1. The third-order valence-electron chi connectivity index (χ3n) is 3.60. The van der Waals surface area contributed by atoms with Gasteiger partial charge in [0.2, 0.25) is 0 Å². The third kappa shape index (κ3) is 3.72. The molecule has 1 aromatic carbocycles. The Hall–Kier alpha value is -2.18. The fourth-order valence-electron chi connectivity index (χ4n) is 2.39. The lowest BCUT2D eigenvalue weighted by molar-refractivity contribution is -0.0736. The number of aromatic nitrogens is 1. The van der Waals surface area contributed by atoms with Crippen LogP contribution in [0.3, 0.4) is 0 Å². The van der Waals surface area contributed by atoms with Crippen molar-refractivity contribution in [2.24, 2.45) is 0 Å². The van der Waals surface area contributed by atoms with Gasteiger partial charge in [-0.15, -0.1) is 0 Å². The van der Waals surface area contributed by atoms with Gasteiger partial charge in [0.05, 0.1) is 19.3 Å². The van der Waals surface area contributed by atoms with Crippen LogP contribution in [-0.4, -0.2) is 36.4 Å². The SMILES string of the molecule is O=C(N[C@@H]1CCOC[C@H]1OCc1ccccc1)c1ccon1. The van der Waals surface area contributed by atoms with Crippen molar-refractivity contribution in [1.82, 2.24) is 10.5 Å². The highest BCUT2D eigenvalue weighted by Gasteiger charge is 2.28. The third-order valence-corrected chi connectivity index (χ3v) is 3.60. The van der Waals surface area contributed by atoms with E-state index in [4.69, 9.17) is 14.0 Å². The summed E-state index contributed by atoms with van der Waals surface area (Å²) in [6.07, 6.45) is 1.91. The molecule has 0 unspecified atom stereocenters. The molecule has 1 aliphatic rings. The second kappa shape index (κ2) is 7.20. The smallest absolute Gasteiger partial charge is 0.273 e. The molecule has 0 saturated carbocycles. The first kappa shape index (κ1) is 14.7. The normalized spacial score (nSPS) is 21.5. The van der Waals surface area contributed by atoms with Gasteiger partial charge < -0.3 is 19.3 Å². The quantitative estimate of drug-likeness (QED) is 0.911. The minimum Gasteiger partial charge on any atom is -0.379 e. The van der Waals surface area contributed by atoms with Crippen LogP contribution in [0.15, 0.2) is 47.2 Å². The summed E-state index contributed by atoms with van der Waals surface area (Å²) in [5, 5.41) is 6.58. The maximum absolute atomic E-state index is 12.1. The molecule has 2 heterocycles. The fraction of sp³-hybridized carbons (Fsp3) is 0.375. The lowest BCUT2D eigenvalue weighted by Gasteiger charge is -2.31. The maximum Gasteiger partial charge on any atom is 0.273 e. The molecule has 0 bridgehead atoms. The van der Waals surface area contributed by atoms with Crippen molar-refractivity contribution in [3.05, 3.63) is 53.9 Å². The highest BCUT2D eigenvalue weighted by atomic mass is 16.5. The molecule has 1 N–H and O–H groups in total. The zero-order valence-corrected chi connectivity index (χ0v) is 12.1. The Morgan fingerprint density at radius 2 is 2.18 bits per heavy atom. The Kier molecular flexibility index (Phi) is 4.82. The molecule has 1 amide bonds. The van der Waals surface area contributed by atoms with Crippen molar-refractivity contribution < 1.29 is 18.8 Å². The van der Waals surface area contributed by atoms with Crippen LogP contribution in [0, 0.1) is 0 Å². The summed E-state index contributed by atoms with van der Waals surface area (Å²) < 4.78 is 16.1. The molecule has 6 heteroatoms. The van der Waals surface area contributed by atoms with Gasteiger partial charge in [-0.2, -0.15) is 0 Å². The molecule has 0 aliphatic carbocycles. The Morgan fingerprint density at radius 1 is 1.32 bits per heavy atom. The molecule has 1 aliphatic heterocycles. The molecule has 0 spiro atoms. The number of carbonyl (C=O) groups is 1. The van der Waals surface area contributed by atoms with Gasteiger partial charge in [0.15, 0.2) is 5.69 Å². The second-order valence-electron chi connectivity index (χ2n) is 5.16. The Morgan fingerprint density at radius 3 is 2.95 bits per heavy atom. The maximum atomic E-state index is 12.1. The van der Waals surface area contributed by atoms with Gasteiger partial charge in [-0.05, 0) is 12.0 Å². The molecule has 0 radical (unpaired) electrons. The molecule has 1 aromatic heterocycles. The second-order valence-corrected chi connectivity index (χ2v) is 5.16. The predicted molar refractivity (Wildman–Crippen MR) is 78.2 cm³/mol. The van der Waals surface area contributed by atoms with Crippen LogP contribution in [0.4, 0.5) is 0 Å². The largest absolute Gasteiger partial charge is 0.379 e. The molecule has 2 atom stereocenters. The lowest BCUT2D eigenvalue weighted by Crippen LogP contribution is -2.50. The van der Waals surface area contributed by atoms with Crippen LogP contribution in [0.2, 0.25) is 0 Å². The van der Waals surface area contributed by atoms with Crippen molar-refractivity contribution in [2.45, 2.75) is 25.2 Å². The predicted octanol–water partition coefficient (Wildman–Crippen LogP) is 1.78. The van der Waals surface area contributed by atoms with E-state index in [1.165, 1.54) is 12.3 Å². The van der Waals surface area contributed by atoms with Crippen molar-refractivity contribution in [2.75, 3.05) is 13.2 Å². The molecule has 6 nitrogen and oxygen atoms in total. The summed E-state index contributed by atoms with van der Waals surface area (Å²) in [5.41, 5.74) is 1.36. The van der Waals surface area contributed by atoms with E-state index >= 15 is 0 Å². The van der Waals surface area contributed by atoms with E-state index in [0.29, 0.717) is 26.2 Å². The molecule has 1 saturated heterocycles. The van der Waals surface area contributed by atoms with E-state index in [1.54, 1.807) is 0 Å². The van der Waals surface area contributed by atoms with Gasteiger partial charge in [-0.25, -0.2) is 0 Å². The standard InChI is InChI=1S/C16H18N2O4/c19-16(14-7-9-22-18-14)17-13-6-8-20-11-15(13)21-10-12-4-2-1-3-5-12/h1-5,7,9,13,15H,6,8,10-11H2,(H,17,19)/t13-,15-/m1/s1. The minimum atomic E-state index is -0.256. The van der Waals surface area contributed by atoms with Crippen LogP contribution in [-0.2, 0) is 16.1 Å². The number of nitrogens with zero attached hydrogens (tertiary/aromatic N) is 1.